The van der Waals surface area contributed by atoms with E-state index in [0.717, 1.165) is 18.7 Å². The molecule has 1 fully saturated rings. The molecule has 21 heavy (non-hydrogen) atoms. The molecular formula is C15H15Cl2N3S. The molecule has 1 saturated heterocycles. The van der Waals surface area contributed by atoms with Crippen molar-refractivity contribution in [1.29, 1.82) is 0 Å². The summed E-state index contributed by atoms with van der Waals surface area (Å²) in [6, 6.07) is 5.68. The summed E-state index contributed by atoms with van der Waals surface area (Å²) in [7, 11) is 0. The highest BCUT2D eigenvalue weighted by molar-refractivity contribution is 7.80. The van der Waals surface area contributed by atoms with Crippen molar-refractivity contribution < 1.29 is 0 Å². The average Bonchev–Trinajstić information content (AvgIpc) is 2.47. The van der Waals surface area contributed by atoms with Crippen LogP contribution in [-0.4, -0.2) is 23.1 Å². The molecule has 3 nitrogen and oxygen atoms in total. The van der Waals surface area contributed by atoms with Crippen molar-refractivity contribution >= 4 is 40.5 Å². The Morgan fingerprint density at radius 2 is 1.95 bits per heavy atom. The van der Waals surface area contributed by atoms with Crippen LogP contribution in [0.1, 0.15) is 24.4 Å². The maximum absolute atomic E-state index is 6.41. The van der Waals surface area contributed by atoms with Crippen molar-refractivity contribution in [2.75, 3.05) is 13.1 Å². The maximum atomic E-state index is 6.41. The Morgan fingerprint density at radius 3 is 2.67 bits per heavy atom. The lowest BCUT2D eigenvalue weighted by Gasteiger charge is -2.49. The second-order valence-electron chi connectivity index (χ2n) is 5.76. The van der Waals surface area contributed by atoms with Gasteiger partial charge in [-0.25, -0.2) is 0 Å². The highest BCUT2D eigenvalue weighted by atomic mass is 35.5. The van der Waals surface area contributed by atoms with Gasteiger partial charge in [-0.2, -0.15) is 0 Å². The van der Waals surface area contributed by atoms with Crippen LogP contribution in [0.5, 0.6) is 0 Å². The van der Waals surface area contributed by atoms with Crippen LogP contribution in [0.4, 0.5) is 0 Å². The number of rotatable bonds is 1. The first-order valence-corrected chi connectivity index (χ1v) is 8.31. The Labute approximate surface area is 139 Å². The summed E-state index contributed by atoms with van der Waals surface area (Å²) in [5.41, 5.74) is 3.62. The summed E-state index contributed by atoms with van der Waals surface area (Å²) in [4.78, 5) is 2.45. The van der Waals surface area contributed by atoms with Crippen LogP contribution in [0.3, 0.4) is 0 Å². The molecule has 5 rings (SSSR count). The van der Waals surface area contributed by atoms with E-state index in [1.165, 1.54) is 24.2 Å². The second kappa shape index (κ2) is 5.04. The van der Waals surface area contributed by atoms with Gasteiger partial charge in [-0.15, -0.1) is 0 Å². The number of thiocarbonyl (C=S) groups is 1. The molecule has 2 bridgehead atoms. The number of hydrogen-bond acceptors (Lipinski definition) is 2. The standard InChI is InChI=1S/C15H15Cl2N3S/c16-9-1-2-10(11(17)7-9)13-14-12(18-15(21)19-13)8-3-5-20(14)6-4-8/h1-2,7-8,13H,3-6H2,(H2,18,19,21). The van der Waals surface area contributed by atoms with Crippen molar-refractivity contribution in [1.82, 2.24) is 15.5 Å². The summed E-state index contributed by atoms with van der Waals surface area (Å²) in [5, 5.41) is 8.75. The van der Waals surface area contributed by atoms with Gasteiger partial charge in [0.15, 0.2) is 5.11 Å². The van der Waals surface area contributed by atoms with E-state index >= 15 is 0 Å². The summed E-state index contributed by atoms with van der Waals surface area (Å²) in [6.45, 7) is 2.22. The van der Waals surface area contributed by atoms with Gasteiger partial charge in [-0.3, -0.25) is 0 Å². The van der Waals surface area contributed by atoms with Gasteiger partial charge in [-0.05, 0) is 42.8 Å². The zero-order valence-corrected chi connectivity index (χ0v) is 13.7. The van der Waals surface area contributed by atoms with Crippen LogP contribution in [0, 0.1) is 5.92 Å². The number of allylic oxidation sites excluding steroid dienone is 1. The summed E-state index contributed by atoms with van der Waals surface area (Å²) < 4.78 is 0. The first-order valence-electron chi connectivity index (χ1n) is 7.15. The van der Waals surface area contributed by atoms with Crippen LogP contribution < -0.4 is 10.6 Å². The zero-order valence-electron chi connectivity index (χ0n) is 11.3. The topological polar surface area (TPSA) is 27.3 Å². The minimum absolute atomic E-state index is 0.0154. The molecule has 2 N–H and O–H groups in total. The lowest BCUT2D eigenvalue weighted by atomic mass is 9.83. The summed E-state index contributed by atoms with van der Waals surface area (Å²) in [5.74, 6) is 0.596. The van der Waals surface area contributed by atoms with Gasteiger partial charge in [-0.1, -0.05) is 29.3 Å². The van der Waals surface area contributed by atoms with Gasteiger partial charge in [0.05, 0.1) is 11.7 Å². The molecule has 0 radical (unpaired) electrons. The maximum Gasteiger partial charge on any atom is 0.171 e. The Morgan fingerprint density at radius 1 is 1.19 bits per heavy atom. The molecule has 1 aromatic rings. The normalized spacial score (nSPS) is 24.8. The molecule has 110 valence electrons. The van der Waals surface area contributed by atoms with E-state index < -0.39 is 0 Å². The van der Waals surface area contributed by atoms with Gasteiger partial charge < -0.3 is 15.5 Å². The first-order chi connectivity index (χ1) is 10.1. The predicted molar refractivity (Wildman–Crippen MR) is 89.4 cm³/mol. The van der Waals surface area contributed by atoms with E-state index in [1.807, 2.05) is 12.1 Å². The van der Waals surface area contributed by atoms with Gasteiger partial charge >= 0.3 is 0 Å². The van der Waals surface area contributed by atoms with E-state index in [9.17, 15) is 0 Å². The van der Waals surface area contributed by atoms with Gasteiger partial charge in [0.2, 0.25) is 0 Å². The van der Waals surface area contributed by atoms with Crippen molar-refractivity contribution in [2.45, 2.75) is 18.9 Å². The molecule has 6 heteroatoms. The molecule has 1 aromatic carbocycles. The molecule has 0 spiro atoms. The number of hydrogen-bond donors (Lipinski definition) is 2. The van der Waals surface area contributed by atoms with E-state index in [-0.39, 0.29) is 6.04 Å². The minimum Gasteiger partial charge on any atom is -0.371 e. The number of halogens is 2. The van der Waals surface area contributed by atoms with Crippen molar-refractivity contribution in [3.63, 3.8) is 0 Å². The van der Waals surface area contributed by atoms with E-state index in [4.69, 9.17) is 35.4 Å². The van der Waals surface area contributed by atoms with Crippen LogP contribution in [0.15, 0.2) is 29.6 Å². The van der Waals surface area contributed by atoms with E-state index in [2.05, 4.69) is 15.5 Å². The Balaban J connectivity index is 1.83. The predicted octanol–water partition coefficient (Wildman–Crippen LogP) is 3.45. The molecule has 4 aliphatic rings. The quantitative estimate of drug-likeness (QED) is 0.766. The highest BCUT2D eigenvalue weighted by Crippen LogP contribution is 2.43. The molecule has 4 aliphatic heterocycles. The average molecular weight is 340 g/mol. The molecule has 0 saturated carbocycles. The summed E-state index contributed by atoms with van der Waals surface area (Å²) in [6.07, 6.45) is 2.41. The molecule has 0 aromatic heterocycles. The smallest absolute Gasteiger partial charge is 0.171 e. The van der Waals surface area contributed by atoms with Crippen LogP contribution in [0.25, 0.3) is 0 Å². The Bertz CT molecular complexity index is 650. The van der Waals surface area contributed by atoms with Crippen molar-refractivity contribution in [3.8, 4) is 0 Å². The zero-order chi connectivity index (χ0) is 14.6. The van der Waals surface area contributed by atoms with E-state index in [0.29, 0.717) is 21.1 Å². The fourth-order valence-electron chi connectivity index (χ4n) is 3.61. The molecule has 0 amide bonds. The second-order valence-corrected chi connectivity index (χ2v) is 7.01. The number of piperidine rings is 1. The lowest BCUT2D eigenvalue weighted by molar-refractivity contribution is 0.181. The first kappa shape index (κ1) is 13.7. The third kappa shape index (κ3) is 2.20. The van der Waals surface area contributed by atoms with Crippen LogP contribution in [-0.2, 0) is 0 Å². The minimum atomic E-state index is 0.0154. The third-order valence-electron chi connectivity index (χ3n) is 4.59. The molecule has 1 unspecified atom stereocenters. The van der Waals surface area contributed by atoms with Crippen molar-refractivity contribution in [3.05, 3.63) is 45.2 Å². The molecule has 1 atom stereocenters. The molecule has 0 aliphatic carbocycles. The third-order valence-corrected chi connectivity index (χ3v) is 5.37. The van der Waals surface area contributed by atoms with E-state index in [1.54, 1.807) is 6.07 Å². The number of nitrogens with zero attached hydrogens (tertiary/aromatic N) is 1. The van der Waals surface area contributed by atoms with Gasteiger partial charge in [0.25, 0.3) is 0 Å². The SMILES string of the molecule is S=C1NC2=C(C(c3ccc(Cl)cc3Cl)N1)N1CCC2CC1. The largest absolute Gasteiger partial charge is 0.371 e. The fraction of sp³-hybridized carbons (Fsp3) is 0.400. The lowest BCUT2D eigenvalue weighted by Crippen LogP contribution is -2.55. The number of fused-ring (bicyclic) bond motifs is 2. The Hall–Kier alpha value is -0.970. The van der Waals surface area contributed by atoms with Crippen LogP contribution >= 0.6 is 35.4 Å². The Kier molecular flexibility index (Phi) is 3.28. The summed E-state index contributed by atoms with van der Waals surface area (Å²) >= 11 is 17.8. The van der Waals surface area contributed by atoms with Crippen molar-refractivity contribution in [2.24, 2.45) is 5.92 Å². The van der Waals surface area contributed by atoms with Crippen LogP contribution in [0.2, 0.25) is 10.0 Å². The molecule has 4 heterocycles. The van der Waals surface area contributed by atoms with Gasteiger partial charge in [0.1, 0.15) is 0 Å². The number of benzene rings is 1. The van der Waals surface area contributed by atoms with Gasteiger partial charge in [0, 0.05) is 34.7 Å². The number of nitrogens with one attached hydrogen (secondary N) is 2. The highest BCUT2D eigenvalue weighted by Gasteiger charge is 2.40. The fourth-order valence-corrected chi connectivity index (χ4v) is 4.36. The monoisotopic (exact) mass is 339 g/mol. The molecular weight excluding hydrogens is 325 g/mol.